The van der Waals surface area contributed by atoms with Crippen LogP contribution in [0.1, 0.15) is 25.0 Å². The fourth-order valence-corrected chi connectivity index (χ4v) is 4.38. The van der Waals surface area contributed by atoms with Gasteiger partial charge < -0.3 is 19.7 Å². The minimum atomic E-state index is -1.37. The number of aliphatic carboxylic acids is 2. The van der Waals surface area contributed by atoms with Gasteiger partial charge in [0.2, 0.25) is 11.2 Å². The van der Waals surface area contributed by atoms with Crippen LogP contribution in [0.5, 0.6) is 11.5 Å². The minimum Gasteiger partial charge on any atom is -0.478 e. The molecule has 5 rings (SSSR count). The first-order valence-corrected chi connectivity index (χ1v) is 9.07. The summed E-state index contributed by atoms with van der Waals surface area (Å²) in [5.74, 6) is -1.01. The van der Waals surface area contributed by atoms with Crippen LogP contribution in [0.4, 0.5) is 0 Å². The SMILES string of the molecule is CC1(C(=O)O)Cc2cccc3c4c5c(cccc5c(c23)O1)CC(C)(C(=O)O)O4. The van der Waals surface area contributed by atoms with Crippen LogP contribution in [0.2, 0.25) is 0 Å². The lowest BCUT2D eigenvalue weighted by molar-refractivity contribution is -0.154. The molecule has 3 aromatic carbocycles. The normalized spacial score (nSPS) is 25.2. The number of carboxylic acid groups (broad SMARTS) is 2. The molecule has 0 bridgehead atoms. The summed E-state index contributed by atoms with van der Waals surface area (Å²) in [7, 11) is 0. The van der Waals surface area contributed by atoms with E-state index in [0.29, 0.717) is 11.5 Å². The molecule has 0 radical (unpaired) electrons. The first-order valence-electron chi connectivity index (χ1n) is 9.07. The van der Waals surface area contributed by atoms with Gasteiger partial charge in [0.05, 0.1) is 0 Å². The van der Waals surface area contributed by atoms with E-state index in [0.717, 1.165) is 32.7 Å². The van der Waals surface area contributed by atoms with Crippen molar-refractivity contribution in [2.24, 2.45) is 0 Å². The fourth-order valence-electron chi connectivity index (χ4n) is 4.38. The third-order valence-electron chi connectivity index (χ3n) is 5.86. The van der Waals surface area contributed by atoms with Crippen LogP contribution in [-0.4, -0.2) is 33.4 Å². The maximum Gasteiger partial charge on any atom is 0.348 e. The zero-order valence-electron chi connectivity index (χ0n) is 15.4. The summed E-state index contributed by atoms with van der Waals surface area (Å²) in [5.41, 5.74) is -1.05. The Kier molecular flexibility index (Phi) is 3.11. The topological polar surface area (TPSA) is 93.1 Å². The Morgan fingerprint density at radius 1 is 0.786 bits per heavy atom. The third kappa shape index (κ3) is 2.03. The van der Waals surface area contributed by atoms with Crippen LogP contribution in [0.25, 0.3) is 21.5 Å². The van der Waals surface area contributed by atoms with Gasteiger partial charge in [-0.05, 0) is 25.0 Å². The number of hydrogen-bond acceptors (Lipinski definition) is 4. The van der Waals surface area contributed by atoms with Gasteiger partial charge in [0.1, 0.15) is 11.5 Å². The Balaban J connectivity index is 1.92. The molecule has 6 nitrogen and oxygen atoms in total. The van der Waals surface area contributed by atoms with E-state index in [4.69, 9.17) is 9.47 Å². The van der Waals surface area contributed by atoms with Gasteiger partial charge in [-0.2, -0.15) is 0 Å². The van der Waals surface area contributed by atoms with Crippen molar-refractivity contribution < 1.29 is 29.3 Å². The van der Waals surface area contributed by atoms with Crippen molar-refractivity contribution in [2.75, 3.05) is 0 Å². The maximum absolute atomic E-state index is 11.9. The van der Waals surface area contributed by atoms with Crippen LogP contribution >= 0.6 is 0 Å². The van der Waals surface area contributed by atoms with Crippen LogP contribution in [0.3, 0.4) is 0 Å². The minimum absolute atomic E-state index is 0.216. The molecule has 3 aromatic rings. The highest BCUT2D eigenvalue weighted by molar-refractivity contribution is 6.14. The lowest BCUT2D eigenvalue weighted by Gasteiger charge is -2.37. The Bertz CT molecular complexity index is 1120. The molecule has 142 valence electrons. The predicted octanol–water partition coefficient (Wildman–Crippen LogP) is 3.55. The number of carboxylic acids is 2. The molecule has 2 atom stereocenters. The standard InChI is InChI=1S/C22H18O6/c1-21(19(23)24)9-11-5-3-8-14-15(11)17(27-21)13-7-4-6-12-10-22(2,20(25)26)28-18(14)16(12)13/h3-8H,9-10H2,1-2H3,(H,23,24)(H,25,26). The maximum atomic E-state index is 11.9. The summed E-state index contributed by atoms with van der Waals surface area (Å²) >= 11 is 0. The van der Waals surface area contributed by atoms with Crippen molar-refractivity contribution in [3.8, 4) is 11.5 Å². The molecule has 2 aliphatic heterocycles. The van der Waals surface area contributed by atoms with Crippen molar-refractivity contribution in [1.29, 1.82) is 0 Å². The van der Waals surface area contributed by atoms with E-state index in [1.165, 1.54) is 0 Å². The van der Waals surface area contributed by atoms with Gasteiger partial charge in [0.15, 0.2) is 0 Å². The van der Waals surface area contributed by atoms with Crippen molar-refractivity contribution in [2.45, 2.75) is 37.9 Å². The molecule has 0 saturated carbocycles. The van der Waals surface area contributed by atoms with Crippen LogP contribution in [-0.2, 0) is 22.4 Å². The number of ether oxygens (including phenoxy) is 2. The highest BCUT2D eigenvalue weighted by Gasteiger charge is 2.44. The molecule has 0 aliphatic carbocycles. The molecule has 6 heteroatoms. The molecular formula is C22H18O6. The predicted molar refractivity (Wildman–Crippen MR) is 102 cm³/mol. The van der Waals surface area contributed by atoms with E-state index in [9.17, 15) is 19.8 Å². The molecule has 0 fully saturated rings. The zero-order valence-corrected chi connectivity index (χ0v) is 15.4. The first-order chi connectivity index (χ1) is 13.2. The van der Waals surface area contributed by atoms with Gasteiger partial charge in [0, 0.05) is 34.4 Å². The second-order valence-electron chi connectivity index (χ2n) is 7.97. The smallest absolute Gasteiger partial charge is 0.348 e. The zero-order chi connectivity index (χ0) is 19.8. The lowest BCUT2D eigenvalue weighted by Crippen LogP contribution is -2.46. The quantitative estimate of drug-likeness (QED) is 0.663. The van der Waals surface area contributed by atoms with Gasteiger partial charge in [-0.1, -0.05) is 36.4 Å². The van der Waals surface area contributed by atoms with Gasteiger partial charge in [-0.3, -0.25) is 0 Å². The average Bonchev–Trinajstić information content (AvgIpc) is 2.64. The largest absolute Gasteiger partial charge is 0.478 e. The van der Waals surface area contributed by atoms with Gasteiger partial charge in [0.25, 0.3) is 0 Å². The third-order valence-corrected chi connectivity index (χ3v) is 5.86. The molecule has 0 amide bonds. The van der Waals surface area contributed by atoms with Gasteiger partial charge in [-0.25, -0.2) is 9.59 Å². The Hall–Kier alpha value is -3.28. The molecule has 2 unspecified atom stereocenters. The second kappa shape index (κ2) is 5.16. The Morgan fingerprint density at radius 3 is 1.54 bits per heavy atom. The van der Waals surface area contributed by atoms with E-state index in [2.05, 4.69) is 0 Å². The molecule has 0 aromatic heterocycles. The molecule has 2 heterocycles. The number of rotatable bonds is 2. The highest BCUT2D eigenvalue weighted by Crippen LogP contribution is 2.52. The number of hydrogen-bond donors (Lipinski definition) is 2. The summed E-state index contributed by atoms with van der Waals surface area (Å²) < 4.78 is 12.1. The van der Waals surface area contributed by atoms with Crippen LogP contribution in [0, 0.1) is 0 Å². The lowest BCUT2D eigenvalue weighted by atomic mass is 9.83. The van der Waals surface area contributed by atoms with E-state index in [1.807, 2.05) is 36.4 Å². The van der Waals surface area contributed by atoms with Crippen LogP contribution < -0.4 is 9.47 Å². The molecule has 28 heavy (non-hydrogen) atoms. The monoisotopic (exact) mass is 378 g/mol. The molecule has 2 aliphatic rings. The summed E-state index contributed by atoms with van der Waals surface area (Å²) in [6, 6.07) is 11.2. The van der Waals surface area contributed by atoms with E-state index >= 15 is 0 Å². The van der Waals surface area contributed by atoms with Crippen molar-refractivity contribution in [1.82, 2.24) is 0 Å². The second-order valence-corrected chi connectivity index (χ2v) is 7.97. The molecule has 0 saturated heterocycles. The Labute approximate surface area is 160 Å². The van der Waals surface area contributed by atoms with E-state index in [1.54, 1.807) is 13.8 Å². The number of benzene rings is 3. The number of carbonyl (C=O) groups is 2. The summed E-state index contributed by atoms with van der Waals surface area (Å²) in [5, 5.41) is 22.5. The number of fused-ring (bicyclic) bond motifs is 2. The van der Waals surface area contributed by atoms with E-state index in [-0.39, 0.29) is 12.8 Å². The van der Waals surface area contributed by atoms with Gasteiger partial charge >= 0.3 is 11.9 Å². The first kappa shape index (κ1) is 16.9. The van der Waals surface area contributed by atoms with Crippen molar-refractivity contribution in [3.63, 3.8) is 0 Å². The molecule has 2 N–H and O–H groups in total. The van der Waals surface area contributed by atoms with Crippen LogP contribution in [0.15, 0.2) is 36.4 Å². The molecule has 0 spiro atoms. The highest BCUT2D eigenvalue weighted by atomic mass is 16.5. The summed E-state index contributed by atoms with van der Waals surface area (Å²) in [4.78, 5) is 23.8. The summed E-state index contributed by atoms with van der Waals surface area (Å²) in [6.45, 7) is 3.15. The summed E-state index contributed by atoms with van der Waals surface area (Å²) in [6.07, 6.45) is 0.432. The fraction of sp³-hybridized carbons (Fsp3) is 0.273. The Morgan fingerprint density at radius 2 is 1.18 bits per heavy atom. The van der Waals surface area contributed by atoms with E-state index < -0.39 is 23.1 Å². The van der Waals surface area contributed by atoms with Gasteiger partial charge in [-0.15, -0.1) is 0 Å². The van der Waals surface area contributed by atoms with Crippen molar-refractivity contribution in [3.05, 3.63) is 47.5 Å². The average molecular weight is 378 g/mol. The molecular weight excluding hydrogens is 360 g/mol. The van der Waals surface area contributed by atoms with Crippen molar-refractivity contribution >= 4 is 33.5 Å².